The summed E-state index contributed by atoms with van der Waals surface area (Å²) in [6, 6.07) is 5.34. The van der Waals surface area contributed by atoms with Gasteiger partial charge >= 0.3 is 70.2 Å². The van der Waals surface area contributed by atoms with E-state index in [4.69, 9.17) is 9.47 Å². The fourth-order valence-corrected chi connectivity index (χ4v) is 0.855. The van der Waals surface area contributed by atoms with Crippen LogP contribution in [-0.4, -0.2) is 20.2 Å². The van der Waals surface area contributed by atoms with Crippen LogP contribution < -0.4 is 84.8 Å². The molecule has 0 N–H and O–H groups in total. The van der Waals surface area contributed by atoms with Crippen molar-refractivity contribution in [2.45, 2.75) is 0 Å². The normalized spacial score (nSPS) is 8.13. The molecule has 0 fully saturated rings. The minimum absolute atomic E-state index is 0. The maximum Gasteiger partial charge on any atom is 1.00 e. The Kier molecular flexibility index (Phi) is 10.3. The van der Waals surface area contributed by atoms with Crippen molar-refractivity contribution in [1.82, 2.24) is 0 Å². The molecule has 0 aliphatic rings. The number of ether oxygens (including phenoxy) is 2. The van der Waals surface area contributed by atoms with Gasteiger partial charge in [-0.15, -0.1) is 17.7 Å². The minimum Gasteiger partial charge on any atom is -0.547 e. The monoisotopic (exact) mass is 226 g/mol. The molecule has 1 aromatic rings. The Balaban J connectivity index is 0. The number of rotatable bonds is 3. The number of carboxylic acids is 1. The first kappa shape index (κ1) is 17.9. The molecule has 0 saturated carbocycles. The number of carbonyl (C=O) groups excluding carboxylic acids is 1. The van der Waals surface area contributed by atoms with Gasteiger partial charge in [0.05, 0.1) is 14.2 Å². The van der Waals surface area contributed by atoms with Crippen LogP contribution in [0.25, 0.3) is 0 Å². The van der Waals surface area contributed by atoms with Gasteiger partial charge in [0, 0.05) is 17.5 Å². The van der Waals surface area contributed by atoms with Gasteiger partial charge in [-0.05, 0) is 0 Å². The Morgan fingerprint density at radius 3 is 1.93 bits per heavy atom. The molecule has 1 rings (SSSR count). The molecule has 0 atom stereocenters. The van der Waals surface area contributed by atoms with Crippen LogP contribution in [0.1, 0.15) is 10.4 Å². The van der Waals surface area contributed by atoms with Crippen molar-refractivity contribution in [3.63, 3.8) is 0 Å². The van der Waals surface area contributed by atoms with Crippen molar-refractivity contribution in [2.75, 3.05) is 14.2 Å². The van der Waals surface area contributed by atoms with Crippen LogP contribution >= 0.6 is 0 Å². The van der Waals surface area contributed by atoms with Crippen molar-refractivity contribution in [3.05, 3.63) is 23.8 Å². The molecule has 0 spiro atoms. The van der Waals surface area contributed by atoms with Gasteiger partial charge < -0.3 is 19.4 Å². The maximum absolute atomic E-state index is 10.5. The topological polar surface area (TPSA) is 58.6 Å². The van der Waals surface area contributed by atoms with E-state index >= 15 is 0 Å². The number of carboxylic acid groups (broad SMARTS) is 1. The van der Waals surface area contributed by atoms with Gasteiger partial charge in [-0.25, -0.2) is 0 Å². The summed E-state index contributed by atoms with van der Waals surface area (Å²) >= 11 is 0. The van der Waals surface area contributed by atoms with E-state index in [9.17, 15) is 9.90 Å². The van der Waals surface area contributed by atoms with Gasteiger partial charge in [0.1, 0.15) is 0 Å². The van der Waals surface area contributed by atoms with Gasteiger partial charge in [0.15, 0.2) is 0 Å². The molecule has 6 heteroatoms. The van der Waals surface area contributed by atoms with Gasteiger partial charge in [0.25, 0.3) is 0 Å². The Bertz CT molecular complexity index is 308. The van der Waals surface area contributed by atoms with Crippen molar-refractivity contribution >= 4 is 5.97 Å². The summed E-state index contributed by atoms with van der Waals surface area (Å²) < 4.78 is 9.64. The molecule has 4 nitrogen and oxygen atoms in total. The zero-order valence-electron chi connectivity index (χ0n) is 9.29. The second-order valence-electron chi connectivity index (χ2n) is 2.29. The van der Waals surface area contributed by atoms with Crippen LogP contribution in [0.3, 0.4) is 0 Å². The van der Waals surface area contributed by atoms with E-state index in [0.717, 1.165) is 0 Å². The molecule has 70 valence electrons. The maximum atomic E-state index is 10.5. The third kappa shape index (κ3) is 5.41. The van der Waals surface area contributed by atoms with Crippen molar-refractivity contribution in [2.24, 2.45) is 0 Å². The van der Waals surface area contributed by atoms with Gasteiger partial charge in [0.2, 0.25) is 0 Å². The van der Waals surface area contributed by atoms with E-state index < -0.39 is 5.97 Å². The third-order valence-electron chi connectivity index (χ3n) is 1.50. The smallest absolute Gasteiger partial charge is 0.547 e. The predicted molar refractivity (Wildman–Crippen MR) is 42.7 cm³/mol. The molecular weight excluding hydrogens is 218 g/mol. The molecule has 0 unspecified atom stereocenters. The number of aromatic carboxylic acids is 1. The zero-order chi connectivity index (χ0) is 9.84. The van der Waals surface area contributed by atoms with Crippen molar-refractivity contribution in [1.29, 1.82) is 0 Å². The molecule has 0 aromatic heterocycles. The van der Waals surface area contributed by atoms with Crippen molar-refractivity contribution < 1.29 is 89.6 Å². The number of carbonyl (C=O) groups is 1. The summed E-state index contributed by atoms with van der Waals surface area (Å²) in [5.41, 5.74) is 0.00690. The van der Waals surface area contributed by atoms with Crippen molar-refractivity contribution in [3.8, 4) is 11.5 Å². The second-order valence-corrected chi connectivity index (χ2v) is 2.29. The molecule has 0 bridgehead atoms. The summed E-state index contributed by atoms with van der Waals surface area (Å²) in [7, 11) is 2.84. The zero-order valence-corrected chi connectivity index (χ0v) is 12.4. The van der Waals surface area contributed by atoms with E-state index in [1.807, 2.05) is 0 Å². The van der Waals surface area contributed by atoms with Crippen LogP contribution in [0, 0.1) is 6.07 Å². The number of hydrogen-bond donors (Lipinski definition) is 0. The average molecular weight is 226 g/mol. The van der Waals surface area contributed by atoms with Crippen LogP contribution in [0.2, 0.25) is 0 Å². The fourth-order valence-electron chi connectivity index (χ4n) is 0.855. The van der Waals surface area contributed by atoms with Gasteiger partial charge in [-0.1, -0.05) is 6.07 Å². The fraction of sp³-hybridized carbons (Fsp3) is 0.222. The SMILES string of the molecule is COc1[c-]c(OC)cc(C(=O)[O-])c1.[K+].[Li+]. The molecule has 0 aliphatic carbocycles. The van der Waals surface area contributed by atoms with Crippen LogP contribution in [-0.2, 0) is 0 Å². The molecule has 0 radical (unpaired) electrons. The Morgan fingerprint density at radius 1 is 1.27 bits per heavy atom. The molecule has 15 heavy (non-hydrogen) atoms. The van der Waals surface area contributed by atoms with E-state index in [1.165, 1.54) is 26.4 Å². The Labute approximate surface area is 143 Å². The number of hydrogen-bond acceptors (Lipinski definition) is 4. The minimum atomic E-state index is -1.27. The van der Waals surface area contributed by atoms with Crippen LogP contribution in [0.15, 0.2) is 12.1 Å². The first-order valence-corrected chi connectivity index (χ1v) is 3.54. The Morgan fingerprint density at radius 2 is 1.67 bits per heavy atom. The molecule has 0 amide bonds. The summed E-state index contributed by atoms with van der Waals surface area (Å²) in [6.07, 6.45) is 0. The second kappa shape index (κ2) is 8.65. The first-order chi connectivity index (χ1) is 6.17. The summed E-state index contributed by atoms with van der Waals surface area (Å²) in [4.78, 5) is 10.5. The molecule has 1 aromatic carbocycles. The Hall–Kier alpha value is 0.524. The third-order valence-corrected chi connectivity index (χ3v) is 1.50. The largest absolute Gasteiger partial charge is 1.00 e. The molecular formula is C9H8KLiO4. The standard InChI is InChI=1S/C9H9O4.K.Li/c1-12-7-3-6(9(10)11)4-8(5-7)13-2;;/h3-4H,1-2H3,(H,10,11);;/q-1;2*+1/p-1. The van der Waals surface area contributed by atoms with E-state index in [2.05, 4.69) is 6.07 Å². The molecule has 0 saturated heterocycles. The predicted octanol–water partition coefficient (Wildman–Crippen LogP) is -6.12. The van der Waals surface area contributed by atoms with E-state index in [1.54, 1.807) is 0 Å². The van der Waals surface area contributed by atoms with Crippen LogP contribution in [0.4, 0.5) is 0 Å². The first-order valence-electron chi connectivity index (χ1n) is 3.54. The summed E-state index contributed by atoms with van der Waals surface area (Å²) in [5, 5.41) is 10.5. The average Bonchev–Trinajstić information content (AvgIpc) is 2.16. The van der Waals surface area contributed by atoms with Crippen LogP contribution in [0.5, 0.6) is 11.5 Å². The van der Waals surface area contributed by atoms with E-state index in [-0.39, 0.29) is 75.8 Å². The summed E-state index contributed by atoms with van der Waals surface area (Å²) in [6.45, 7) is 0. The van der Waals surface area contributed by atoms with Gasteiger partial charge in [-0.2, -0.15) is 0 Å². The number of benzene rings is 1. The molecule has 0 aliphatic heterocycles. The van der Waals surface area contributed by atoms with E-state index in [0.29, 0.717) is 11.5 Å². The van der Waals surface area contributed by atoms with Gasteiger partial charge in [-0.3, -0.25) is 0 Å². The number of methoxy groups -OCH3 is 2. The molecule has 0 heterocycles. The quantitative estimate of drug-likeness (QED) is 0.380. The summed E-state index contributed by atoms with van der Waals surface area (Å²) in [5.74, 6) is -0.664.